The number of fused-ring (bicyclic) bond motifs is 1. The highest BCUT2D eigenvalue weighted by Gasteiger charge is 2.07. The number of aromatic nitrogens is 2. The van der Waals surface area contributed by atoms with E-state index in [4.69, 9.17) is 0 Å². The van der Waals surface area contributed by atoms with Crippen LogP contribution in [-0.4, -0.2) is 9.97 Å². The van der Waals surface area contributed by atoms with Gasteiger partial charge < -0.3 is 4.98 Å². The van der Waals surface area contributed by atoms with Crippen molar-refractivity contribution >= 4 is 22.2 Å². The number of benzene rings is 1. The first-order chi connectivity index (χ1) is 6.95. The number of nitrogens with one attached hydrogen (secondary N) is 1. The maximum Gasteiger partial charge on any atom is 0.126 e. The quantitative estimate of drug-likeness (QED) is 0.641. The monoisotopic (exact) mass is 199 g/mol. The molecule has 0 spiro atoms. The zero-order valence-corrected chi connectivity index (χ0v) is 8.14. The lowest BCUT2D eigenvalue weighted by Gasteiger charge is -1.91. The predicted molar refractivity (Wildman–Crippen MR) is 58.2 cm³/mol. The third kappa shape index (κ3) is 1.06. The van der Waals surface area contributed by atoms with Crippen LogP contribution in [0.1, 0.15) is 0 Å². The lowest BCUT2D eigenvalue weighted by molar-refractivity contribution is 1.40. The van der Waals surface area contributed by atoms with E-state index in [0.717, 1.165) is 16.1 Å². The Morgan fingerprint density at radius 3 is 3.07 bits per heavy atom. The topological polar surface area (TPSA) is 28.7 Å². The van der Waals surface area contributed by atoms with Crippen molar-refractivity contribution in [3.63, 3.8) is 0 Å². The molecular weight excluding hydrogens is 192 g/mol. The fourth-order valence-corrected chi connectivity index (χ4v) is 2.17. The minimum Gasteiger partial charge on any atom is -0.353 e. The first kappa shape index (κ1) is 7.76. The van der Waals surface area contributed by atoms with Crippen LogP contribution in [0.25, 0.3) is 21.5 Å². The van der Waals surface area contributed by atoms with Gasteiger partial charge in [0.15, 0.2) is 0 Å². The third-order valence-corrected chi connectivity index (χ3v) is 2.96. The normalized spacial score (nSPS) is 10.9. The van der Waals surface area contributed by atoms with Crippen molar-refractivity contribution in [2.45, 2.75) is 0 Å². The molecule has 0 bridgehead atoms. The van der Waals surface area contributed by atoms with Crippen molar-refractivity contribution in [1.29, 1.82) is 0 Å². The highest BCUT2D eigenvalue weighted by Crippen LogP contribution is 2.28. The van der Waals surface area contributed by atoms with Crippen LogP contribution >= 0.6 is 11.3 Å². The first-order valence-electron chi connectivity index (χ1n) is 4.33. The van der Waals surface area contributed by atoms with Gasteiger partial charge in [0, 0.05) is 28.0 Å². The lowest BCUT2D eigenvalue weighted by Crippen LogP contribution is -1.71. The molecule has 0 saturated carbocycles. The molecule has 3 heteroatoms. The number of thiazole rings is 1. The van der Waals surface area contributed by atoms with Gasteiger partial charge in [0.25, 0.3) is 0 Å². The molecule has 14 heavy (non-hydrogen) atoms. The van der Waals surface area contributed by atoms with Crippen molar-refractivity contribution in [1.82, 2.24) is 9.97 Å². The zero-order valence-electron chi connectivity index (χ0n) is 7.32. The average Bonchev–Trinajstić information content (AvgIpc) is 2.85. The van der Waals surface area contributed by atoms with Gasteiger partial charge in [0.2, 0.25) is 0 Å². The molecule has 0 unspecified atom stereocenters. The summed E-state index contributed by atoms with van der Waals surface area (Å²) in [6.07, 6.45) is 4.95. The van der Waals surface area contributed by atoms with E-state index < -0.39 is 0 Å². The molecule has 0 aliphatic rings. The van der Waals surface area contributed by atoms with E-state index in [0.29, 0.717) is 0 Å². The molecule has 0 atom stereocenters. The summed E-state index contributed by atoms with van der Waals surface area (Å²) in [4.78, 5) is 7.39. The fourth-order valence-electron chi connectivity index (χ4n) is 1.52. The molecular formula is C11H7N2S. The van der Waals surface area contributed by atoms with E-state index >= 15 is 0 Å². The third-order valence-electron chi connectivity index (χ3n) is 2.16. The maximum absolute atomic E-state index is 4.28. The summed E-state index contributed by atoms with van der Waals surface area (Å²) in [5.41, 5.74) is 2.17. The van der Waals surface area contributed by atoms with Crippen LogP contribution in [0.5, 0.6) is 0 Å². The van der Waals surface area contributed by atoms with Gasteiger partial charge in [0.05, 0.1) is 6.20 Å². The molecule has 2 nitrogen and oxygen atoms in total. The second-order valence-corrected chi connectivity index (χ2v) is 3.90. The van der Waals surface area contributed by atoms with Crippen molar-refractivity contribution in [3.05, 3.63) is 42.0 Å². The van der Waals surface area contributed by atoms with Gasteiger partial charge in [-0.15, -0.1) is 11.3 Å². The molecule has 1 aromatic carbocycles. The second kappa shape index (κ2) is 2.96. The number of rotatable bonds is 1. The zero-order chi connectivity index (χ0) is 9.38. The van der Waals surface area contributed by atoms with Crippen LogP contribution in [0, 0.1) is 6.20 Å². The SMILES string of the molecule is [c]1[nH]c2ccccc2c1-c1nccs1. The van der Waals surface area contributed by atoms with Crippen LogP contribution in [0.15, 0.2) is 35.8 Å². The molecule has 3 rings (SSSR count). The van der Waals surface area contributed by atoms with E-state index in [9.17, 15) is 0 Å². The highest BCUT2D eigenvalue weighted by atomic mass is 32.1. The van der Waals surface area contributed by atoms with Crippen LogP contribution in [0.2, 0.25) is 0 Å². The Kier molecular flexibility index (Phi) is 1.64. The van der Waals surface area contributed by atoms with Crippen LogP contribution in [0.3, 0.4) is 0 Å². The van der Waals surface area contributed by atoms with E-state index in [-0.39, 0.29) is 0 Å². The molecule has 0 amide bonds. The molecule has 1 N–H and O–H groups in total. The predicted octanol–water partition coefficient (Wildman–Crippen LogP) is 3.09. The molecule has 1 radical (unpaired) electrons. The smallest absolute Gasteiger partial charge is 0.126 e. The number of H-pyrrole nitrogens is 1. The fraction of sp³-hybridized carbons (Fsp3) is 0. The largest absolute Gasteiger partial charge is 0.353 e. The first-order valence-corrected chi connectivity index (χ1v) is 5.21. The van der Waals surface area contributed by atoms with Gasteiger partial charge in [-0.3, -0.25) is 0 Å². The maximum atomic E-state index is 4.28. The molecule has 0 aliphatic carbocycles. The molecule has 2 heterocycles. The molecule has 0 saturated heterocycles. The minimum absolute atomic E-state index is 1.02. The number of aromatic amines is 1. The number of para-hydroxylation sites is 1. The minimum atomic E-state index is 1.02. The van der Waals surface area contributed by atoms with E-state index in [1.807, 2.05) is 29.8 Å². The summed E-state index contributed by atoms with van der Waals surface area (Å²) in [6.45, 7) is 0. The summed E-state index contributed by atoms with van der Waals surface area (Å²) in [5.74, 6) is 0. The average molecular weight is 199 g/mol. The standard InChI is InChI=1S/C11H7N2S/c1-2-4-10-8(3-1)9(7-13-10)11-12-5-6-14-11/h1-6,13H. The molecule has 2 aromatic heterocycles. The Balaban J connectivity index is 2.33. The summed E-state index contributed by atoms with van der Waals surface area (Å²) >= 11 is 1.63. The molecule has 0 fully saturated rings. The van der Waals surface area contributed by atoms with Crippen molar-refractivity contribution in [3.8, 4) is 10.6 Å². The Bertz CT molecular complexity index is 551. The molecule has 0 aliphatic heterocycles. The highest BCUT2D eigenvalue weighted by molar-refractivity contribution is 7.13. The van der Waals surface area contributed by atoms with Crippen molar-refractivity contribution in [2.75, 3.05) is 0 Å². The van der Waals surface area contributed by atoms with Gasteiger partial charge >= 0.3 is 0 Å². The number of hydrogen-bond donors (Lipinski definition) is 1. The Morgan fingerprint density at radius 1 is 1.29 bits per heavy atom. The number of nitrogens with zero attached hydrogens (tertiary/aromatic N) is 1. The summed E-state index contributed by atoms with van der Waals surface area (Å²) < 4.78 is 0. The second-order valence-electron chi connectivity index (χ2n) is 3.01. The Labute approximate surface area is 85.2 Å². The Hall–Kier alpha value is -1.61. The van der Waals surface area contributed by atoms with Gasteiger partial charge in [-0.25, -0.2) is 4.98 Å². The van der Waals surface area contributed by atoms with Crippen LogP contribution < -0.4 is 0 Å². The van der Waals surface area contributed by atoms with Crippen molar-refractivity contribution in [2.24, 2.45) is 0 Å². The van der Waals surface area contributed by atoms with Gasteiger partial charge in [-0.05, 0) is 6.07 Å². The molecule has 67 valence electrons. The van der Waals surface area contributed by atoms with Gasteiger partial charge in [-0.2, -0.15) is 0 Å². The summed E-state index contributed by atoms with van der Waals surface area (Å²) in [6, 6.07) is 8.17. The lowest BCUT2D eigenvalue weighted by atomic mass is 10.2. The van der Waals surface area contributed by atoms with Gasteiger partial charge in [0.1, 0.15) is 5.01 Å². The molecule has 3 aromatic rings. The van der Waals surface area contributed by atoms with Crippen LogP contribution in [-0.2, 0) is 0 Å². The van der Waals surface area contributed by atoms with E-state index in [1.54, 1.807) is 11.3 Å². The number of hydrogen-bond acceptors (Lipinski definition) is 2. The Morgan fingerprint density at radius 2 is 2.21 bits per heavy atom. The van der Waals surface area contributed by atoms with Gasteiger partial charge in [-0.1, -0.05) is 18.2 Å². The summed E-state index contributed by atoms with van der Waals surface area (Å²) in [7, 11) is 0. The van der Waals surface area contributed by atoms with Crippen LogP contribution in [0.4, 0.5) is 0 Å². The summed E-state index contributed by atoms with van der Waals surface area (Å²) in [5, 5.41) is 4.18. The van der Waals surface area contributed by atoms with E-state index in [2.05, 4.69) is 22.2 Å². The van der Waals surface area contributed by atoms with Crippen molar-refractivity contribution < 1.29 is 0 Å². The van der Waals surface area contributed by atoms with E-state index in [1.165, 1.54) is 5.39 Å².